The Bertz CT molecular complexity index is 845. The van der Waals surface area contributed by atoms with Crippen molar-refractivity contribution in [1.29, 1.82) is 0 Å². The van der Waals surface area contributed by atoms with Crippen LogP contribution in [0.5, 0.6) is 5.75 Å². The summed E-state index contributed by atoms with van der Waals surface area (Å²) in [4.78, 5) is 26.0. The molecule has 0 bridgehead atoms. The Kier molecular flexibility index (Phi) is 5.95. The van der Waals surface area contributed by atoms with Gasteiger partial charge in [0, 0.05) is 36.6 Å². The van der Waals surface area contributed by atoms with Crippen molar-refractivity contribution in [2.24, 2.45) is 0 Å². The number of nitrogens with one attached hydrogen (secondary N) is 2. The van der Waals surface area contributed by atoms with E-state index >= 15 is 0 Å². The minimum atomic E-state index is -0.180. The standard InChI is InChI=1S/C22H25N3O4/c26-21-14-25(12-11-23-21)18-7-5-17(6-8-18)24-22(27)16-3-9-19(10-4-16)29-15-20-2-1-13-28-20/h3-10,20H,1-2,11-15H2,(H,23,26)(H,24,27). The van der Waals surface area contributed by atoms with E-state index in [4.69, 9.17) is 9.47 Å². The predicted octanol–water partition coefficient (Wildman–Crippen LogP) is 2.43. The molecule has 2 aliphatic heterocycles. The summed E-state index contributed by atoms with van der Waals surface area (Å²) in [5, 5.41) is 5.71. The zero-order valence-corrected chi connectivity index (χ0v) is 16.2. The van der Waals surface area contributed by atoms with Gasteiger partial charge in [-0.25, -0.2) is 0 Å². The highest BCUT2D eigenvalue weighted by Gasteiger charge is 2.17. The van der Waals surface area contributed by atoms with Gasteiger partial charge in [-0.3, -0.25) is 9.59 Å². The monoisotopic (exact) mass is 395 g/mol. The maximum absolute atomic E-state index is 12.5. The molecule has 29 heavy (non-hydrogen) atoms. The molecule has 2 aromatic rings. The molecule has 0 aromatic heterocycles. The number of hydrogen-bond acceptors (Lipinski definition) is 5. The summed E-state index contributed by atoms with van der Waals surface area (Å²) in [6, 6.07) is 14.6. The van der Waals surface area contributed by atoms with Crippen LogP contribution in [0, 0.1) is 0 Å². The number of amides is 2. The molecule has 0 aliphatic carbocycles. The van der Waals surface area contributed by atoms with E-state index in [2.05, 4.69) is 10.6 Å². The van der Waals surface area contributed by atoms with Crippen LogP contribution in [0.4, 0.5) is 11.4 Å². The van der Waals surface area contributed by atoms with Gasteiger partial charge in [-0.15, -0.1) is 0 Å². The molecule has 2 N–H and O–H groups in total. The first-order chi connectivity index (χ1) is 14.2. The number of carbonyl (C=O) groups is 2. The molecule has 2 heterocycles. The van der Waals surface area contributed by atoms with Crippen LogP contribution in [0.2, 0.25) is 0 Å². The van der Waals surface area contributed by atoms with Gasteiger partial charge in [0.25, 0.3) is 5.91 Å². The summed E-state index contributed by atoms with van der Waals surface area (Å²) in [5.74, 6) is 0.574. The van der Waals surface area contributed by atoms with Gasteiger partial charge in [0.1, 0.15) is 12.4 Å². The van der Waals surface area contributed by atoms with Crippen molar-refractivity contribution >= 4 is 23.2 Å². The third-order valence-corrected chi connectivity index (χ3v) is 5.11. The molecule has 7 nitrogen and oxygen atoms in total. The Morgan fingerprint density at radius 3 is 2.66 bits per heavy atom. The van der Waals surface area contributed by atoms with Gasteiger partial charge in [0.05, 0.1) is 12.6 Å². The van der Waals surface area contributed by atoms with Gasteiger partial charge < -0.3 is 25.0 Å². The third kappa shape index (κ3) is 5.06. The summed E-state index contributed by atoms with van der Waals surface area (Å²) in [7, 11) is 0. The summed E-state index contributed by atoms with van der Waals surface area (Å²) in [6.07, 6.45) is 2.28. The molecule has 2 saturated heterocycles. The van der Waals surface area contributed by atoms with E-state index in [9.17, 15) is 9.59 Å². The number of nitrogens with zero attached hydrogens (tertiary/aromatic N) is 1. The van der Waals surface area contributed by atoms with Gasteiger partial charge in [-0.2, -0.15) is 0 Å². The molecular weight excluding hydrogens is 370 g/mol. The van der Waals surface area contributed by atoms with Crippen molar-refractivity contribution in [3.63, 3.8) is 0 Å². The average molecular weight is 395 g/mol. The van der Waals surface area contributed by atoms with Gasteiger partial charge in [0.15, 0.2) is 0 Å². The number of benzene rings is 2. The Morgan fingerprint density at radius 2 is 1.97 bits per heavy atom. The van der Waals surface area contributed by atoms with Crippen molar-refractivity contribution in [2.45, 2.75) is 18.9 Å². The van der Waals surface area contributed by atoms with Crippen LogP contribution in [0.15, 0.2) is 48.5 Å². The van der Waals surface area contributed by atoms with E-state index in [1.807, 2.05) is 29.2 Å². The van der Waals surface area contributed by atoms with Crippen LogP contribution in [0.1, 0.15) is 23.2 Å². The van der Waals surface area contributed by atoms with Crippen molar-refractivity contribution in [3.05, 3.63) is 54.1 Å². The first kappa shape index (κ1) is 19.3. The second-order valence-corrected chi connectivity index (χ2v) is 7.24. The minimum Gasteiger partial charge on any atom is -0.491 e. The van der Waals surface area contributed by atoms with Gasteiger partial charge >= 0.3 is 0 Å². The summed E-state index contributed by atoms with van der Waals surface area (Å²) in [5.41, 5.74) is 2.23. The second-order valence-electron chi connectivity index (χ2n) is 7.24. The molecule has 4 rings (SSSR count). The summed E-state index contributed by atoms with van der Waals surface area (Å²) >= 11 is 0. The Morgan fingerprint density at radius 1 is 1.17 bits per heavy atom. The molecule has 2 fully saturated rings. The van der Waals surface area contributed by atoms with Gasteiger partial charge in [0.2, 0.25) is 5.91 Å². The molecule has 0 radical (unpaired) electrons. The minimum absolute atomic E-state index is 0.0248. The predicted molar refractivity (Wildman–Crippen MR) is 111 cm³/mol. The smallest absolute Gasteiger partial charge is 0.255 e. The normalized spacial score (nSPS) is 19.0. The highest BCUT2D eigenvalue weighted by atomic mass is 16.5. The number of hydrogen-bond donors (Lipinski definition) is 2. The van der Waals surface area contributed by atoms with Gasteiger partial charge in [-0.1, -0.05) is 0 Å². The average Bonchev–Trinajstić information content (AvgIpc) is 3.27. The molecular formula is C22H25N3O4. The molecule has 1 atom stereocenters. The number of ether oxygens (including phenoxy) is 2. The molecule has 1 unspecified atom stereocenters. The fourth-order valence-electron chi connectivity index (χ4n) is 3.49. The van der Waals surface area contributed by atoms with Crippen molar-refractivity contribution in [3.8, 4) is 5.75 Å². The molecule has 2 amide bonds. The van der Waals surface area contributed by atoms with Crippen LogP contribution < -0.4 is 20.3 Å². The van der Waals surface area contributed by atoms with Crippen LogP contribution >= 0.6 is 0 Å². The van der Waals surface area contributed by atoms with E-state index in [0.29, 0.717) is 30.9 Å². The summed E-state index contributed by atoms with van der Waals surface area (Å²) < 4.78 is 11.3. The number of anilines is 2. The summed E-state index contributed by atoms with van der Waals surface area (Å²) in [6.45, 7) is 3.12. The van der Waals surface area contributed by atoms with Crippen LogP contribution in [-0.2, 0) is 9.53 Å². The Hall–Kier alpha value is -3.06. The maximum Gasteiger partial charge on any atom is 0.255 e. The van der Waals surface area contributed by atoms with Crippen molar-refractivity contribution in [2.75, 3.05) is 43.1 Å². The van der Waals surface area contributed by atoms with Crippen molar-refractivity contribution in [1.82, 2.24) is 5.32 Å². The lowest BCUT2D eigenvalue weighted by Gasteiger charge is -2.28. The van der Waals surface area contributed by atoms with E-state index in [1.165, 1.54) is 0 Å². The van der Waals surface area contributed by atoms with E-state index in [-0.39, 0.29) is 17.9 Å². The van der Waals surface area contributed by atoms with E-state index in [1.54, 1.807) is 24.3 Å². The molecule has 0 spiro atoms. The highest BCUT2D eigenvalue weighted by molar-refractivity contribution is 6.04. The lowest BCUT2D eigenvalue weighted by Crippen LogP contribution is -2.47. The lowest BCUT2D eigenvalue weighted by molar-refractivity contribution is -0.120. The topological polar surface area (TPSA) is 79.9 Å². The zero-order chi connectivity index (χ0) is 20.1. The fraction of sp³-hybridized carbons (Fsp3) is 0.364. The van der Waals surface area contributed by atoms with Crippen molar-refractivity contribution < 1.29 is 19.1 Å². The Labute approximate surface area is 170 Å². The highest BCUT2D eigenvalue weighted by Crippen LogP contribution is 2.20. The number of piperazine rings is 1. The quantitative estimate of drug-likeness (QED) is 0.785. The number of carbonyl (C=O) groups excluding carboxylic acids is 2. The Balaban J connectivity index is 1.30. The van der Waals surface area contributed by atoms with E-state index in [0.717, 1.165) is 37.4 Å². The zero-order valence-electron chi connectivity index (χ0n) is 16.2. The van der Waals surface area contributed by atoms with E-state index < -0.39 is 0 Å². The van der Waals surface area contributed by atoms with Crippen LogP contribution in [0.3, 0.4) is 0 Å². The van der Waals surface area contributed by atoms with Gasteiger partial charge in [-0.05, 0) is 61.4 Å². The molecule has 152 valence electrons. The number of rotatable bonds is 6. The molecule has 2 aromatic carbocycles. The maximum atomic E-state index is 12.5. The second kappa shape index (κ2) is 8.96. The van der Waals surface area contributed by atoms with Crippen LogP contribution in [0.25, 0.3) is 0 Å². The first-order valence-corrected chi connectivity index (χ1v) is 9.95. The molecule has 2 aliphatic rings. The van der Waals surface area contributed by atoms with Crippen LogP contribution in [-0.4, -0.2) is 50.8 Å². The largest absolute Gasteiger partial charge is 0.491 e. The lowest BCUT2D eigenvalue weighted by atomic mass is 10.2. The SMILES string of the molecule is O=C1CN(c2ccc(NC(=O)c3ccc(OCC4CCCO4)cc3)cc2)CCN1. The first-order valence-electron chi connectivity index (χ1n) is 9.95. The molecule has 0 saturated carbocycles. The molecule has 7 heteroatoms. The fourth-order valence-corrected chi connectivity index (χ4v) is 3.49. The third-order valence-electron chi connectivity index (χ3n) is 5.11.